The molecule has 0 atom stereocenters. The van der Waals surface area contributed by atoms with E-state index in [0.717, 1.165) is 16.0 Å². The van der Waals surface area contributed by atoms with Gasteiger partial charge in [0.15, 0.2) is 5.82 Å². The summed E-state index contributed by atoms with van der Waals surface area (Å²) in [5.41, 5.74) is 1.78. The molecule has 0 spiro atoms. The van der Waals surface area contributed by atoms with Gasteiger partial charge >= 0.3 is 0 Å². The largest absolute Gasteiger partial charge is 0.389 e. The van der Waals surface area contributed by atoms with Gasteiger partial charge in [-0.2, -0.15) is 0 Å². The molecule has 2 heterocycles. The normalized spacial score (nSPS) is 11.4. The highest BCUT2D eigenvalue weighted by molar-refractivity contribution is 7.13. The van der Waals surface area contributed by atoms with Gasteiger partial charge < -0.3 is 10.4 Å². The van der Waals surface area contributed by atoms with Crippen molar-refractivity contribution >= 4 is 28.8 Å². The zero-order chi connectivity index (χ0) is 19.6. The number of hydrogen-bond donors (Lipinski definition) is 2. The Morgan fingerprint density at radius 3 is 2.52 bits per heavy atom. The molecule has 0 fully saturated rings. The highest BCUT2D eigenvalue weighted by Gasteiger charge is 2.19. The van der Waals surface area contributed by atoms with Crippen LogP contribution in [0.2, 0.25) is 5.02 Å². The van der Waals surface area contributed by atoms with Gasteiger partial charge in [-0.1, -0.05) is 23.7 Å². The average molecular weight is 402 g/mol. The summed E-state index contributed by atoms with van der Waals surface area (Å²) in [5, 5.41) is 15.2. The van der Waals surface area contributed by atoms with Gasteiger partial charge in [0.2, 0.25) is 0 Å². The third-order valence-corrected chi connectivity index (χ3v) is 5.11. The lowest BCUT2D eigenvalue weighted by Gasteiger charge is -2.17. The number of rotatable bonds is 5. The molecule has 3 aromatic rings. The van der Waals surface area contributed by atoms with Crippen molar-refractivity contribution in [2.75, 3.05) is 6.54 Å². The van der Waals surface area contributed by atoms with Crippen molar-refractivity contribution in [2.45, 2.75) is 26.4 Å². The lowest BCUT2D eigenvalue weighted by atomic mass is 10.1. The monoisotopic (exact) mass is 401 g/mol. The van der Waals surface area contributed by atoms with Crippen LogP contribution in [0.15, 0.2) is 41.8 Å². The second kappa shape index (κ2) is 7.76. The van der Waals surface area contributed by atoms with E-state index in [0.29, 0.717) is 16.5 Å². The quantitative estimate of drug-likeness (QED) is 0.667. The minimum atomic E-state index is -1.01. The standard InChI is InChI=1S/C20H20ClN3O2S/c1-12-8-9-27-17(12)18-23-15(13-4-6-14(21)7-5-13)10-16(24-18)19(25)22-11-20(2,3)26/h4-10,26H,11H2,1-3H3,(H,22,25). The molecule has 1 amide bonds. The van der Waals surface area contributed by atoms with Gasteiger partial charge in [-0.15, -0.1) is 11.3 Å². The molecule has 0 bridgehead atoms. The minimum Gasteiger partial charge on any atom is -0.389 e. The number of thiophene rings is 1. The van der Waals surface area contributed by atoms with Crippen molar-refractivity contribution in [1.29, 1.82) is 0 Å². The summed E-state index contributed by atoms with van der Waals surface area (Å²) < 4.78 is 0. The number of carbonyl (C=O) groups is 1. The first-order valence-electron chi connectivity index (χ1n) is 8.43. The first-order chi connectivity index (χ1) is 12.7. The fraction of sp³-hybridized carbons (Fsp3) is 0.250. The summed E-state index contributed by atoms with van der Waals surface area (Å²) in [6.07, 6.45) is 0. The lowest BCUT2D eigenvalue weighted by Crippen LogP contribution is -2.38. The van der Waals surface area contributed by atoms with E-state index < -0.39 is 5.60 Å². The predicted molar refractivity (Wildman–Crippen MR) is 109 cm³/mol. The highest BCUT2D eigenvalue weighted by Crippen LogP contribution is 2.29. The number of aliphatic hydroxyl groups is 1. The van der Waals surface area contributed by atoms with Crippen LogP contribution in [0.1, 0.15) is 29.9 Å². The molecule has 3 rings (SSSR count). The summed E-state index contributed by atoms with van der Waals surface area (Å²) in [5.74, 6) is 0.147. The summed E-state index contributed by atoms with van der Waals surface area (Å²) in [6, 6.07) is 10.9. The van der Waals surface area contributed by atoms with Crippen molar-refractivity contribution in [3.63, 3.8) is 0 Å². The fourth-order valence-electron chi connectivity index (χ4n) is 2.42. The number of aromatic nitrogens is 2. The summed E-state index contributed by atoms with van der Waals surface area (Å²) >= 11 is 7.51. The van der Waals surface area contributed by atoms with Crippen molar-refractivity contribution in [2.24, 2.45) is 0 Å². The molecule has 0 radical (unpaired) electrons. The van der Waals surface area contributed by atoms with Crippen molar-refractivity contribution in [1.82, 2.24) is 15.3 Å². The zero-order valence-corrected chi connectivity index (χ0v) is 16.9. The van der Waals surface area contributed by atoms with Crippen LogP contribution in [-0.4, -0.2) is 33.1 Å². The van der Waals surface area contributed by atoms with E-state index in [1.807, 2.05) is 30.5 Å². The number of hydrogen-bond acceptors (Lipinski definition) is 5. The van der Waals surface area contributed by atoms with Crippen LogP contribution >= 0.6 is 22.9 Å². The van der Waals surface area contributed by atoms with E-state index >= 15 is 0 Å². The number of carbonyl (C=O) groups excluding carboxylic acids is 1. The molecule has 0 aliphatic heterocycles. The van der Waals surface area contributed by atoms with Gasteiger partial charge in [-0.05, 0) is 56.0 Å². The molecule has 140 valence electrons. The van der Waals surface area contributed by atoms with Crippen LogP contribution in [-0.2, 0) is 0 Å². The smallest absolute Gasteiger partial charge is 0.270 e. The summed E-state index contributed by atoms with van der Waals surface area (Å²) in [4.78, 5) is 22.6. The Morgan fingerprint density at radius 2 is 1.93 bits per heavy atom. The first kappa shape index (κ1) is 19.5. The Kier molecular flexibility index (Phi) is 5.60. The van der Waals surface area contributed by atoms with Crippen LogP contribution in [0.4, 0.5) is 0 Å². The maximum absolute atomic E-state index is 12.6. The summed E-state index contributed by atoms with van der Waals surface area (Å²) in [6.45, 7) is 5.37. The molecular weight excluding hydrogens is 382 g/mol. The van der Waals surface area contributed by atoms with Crippen LogP contribution < -0.4 is 5.32 Å². The number of amides is 1. The van der Waals surface area contributed by atoms with Crippen LogP contribution in [0, 0.1) is 6.92 Å². The molecule has 0 aliphatic rings. The molecular formula is C20H20ClN3O2S. The average Bonchev–Trinajstić information content (AvgIpc) is 3.05. The molecule has 2 aromatic heterocycles. The maximum Gasteiger partial charge on any atom is 0.270 e. The number of benzene rings is 1. The molecule has 5 nitrogen and oxygen atoms in total. The molecule has 0 aliphatic carbocycles. The van der Waals surface area contributed by atoms with Gasteiger partial charge in [-0.3, -0.25) is 4.79 Å². The van der Waals surface area contributed by atoms with Gasteiger partial charge in [0.25, 0.3) is 5.91 Å². The van der Waals surface area contributed by atoms with Crippen molar-refractivity contribution in [3.8, 4) is 22.0 Å². The zero-order valence-electron chi connectivity index (χ0n) is 15.3. The molecule has 2 N–H and O–H groups in total. The molecule has 0 saturated carbocycles. The Balaban J connectivity index is 2.04. The van der Waals surface area contributed by atoms with E-state index in [1.165, 1.54) is 11.3 Å². The third-order valence-electron chi connectivity index (χ3n) is 3.85. The second-order valence-corrected chi connectivity index (χ2v) is 8.25. The summed E-state index contributed by atoms with van der Waals surface area (Å²) in [7, 11) is 0. The first-order valence-corrected chi connectivity index (χ1v) is 9.69. The van der Waals surface area contributed by atoms with Gasteiger partial charge in [0.05, 0.1) is 16.2 Å². The number of aryl methyl sites for hydroxylation is 1. The van der Waals surface area contributed by atoms with Crippen LogP contribution in [0.3, 0.4) is 0 Å². The lowest BCUT2D eigenvalue weighted by molar-refractivity contribution is 0.0692. The Hall–Kier alpha value is -2.28. The molecule has 0 saturated heterocycles. The van der Waals surface area contributed by atoms with Crippen LogP contribution in [0.5, 0.6) is 0 Å². The fourth-order valence-corrected chi connectivity index (χ4v) is 3.41. The predicted octanol–water partition coefficient (Wildman–Crippen LogP) is 4.33. The second-order valence-electron chi connectivity index (χ2n) is 6.90. The molecule has 27 heavy (non-hydrogen) atoms. The van der Waals surface area contributed by atoms with Gasteiger partial charge in [0, 0.05) is 17.1 Å². The van der Waals surface area contributed by atoms with E-state index in [2.05, 4.69) is 15.3 Å². The molecule has 7 heteroatoms. The SMILES string of the molecule is Cc1ccsc1-c1nc(C(=O)NCC(C)(C)O)cc(-c2ccc(Cl)cc2)n1. The van der Waals surface area contributed by atoms with Gasteiger partial charge in [-0.25, -0.2) is 9.97 Å². The minimum absolute atomic E-state index is 0.124. The van der Waals surface area contributed by atoms with Crippen molar-refractivity contribution in [3.05, 3.63) is 58.1 Å². The molecule has 1 aromatic carbocycles. The Morgan fingerprint density at radius 1 is 1.22 bits per heavy atom. The Labute approximate surface area is 167 Å². The number of nitrogens with zero attached hydrogens (tertiary/aromatic N) is 2. The van der Waals surface area contributed by atoms with E-state index in [4.69, 9.17) is 11.6 Å². The Bertz CT molecular complexity index is 962. The van der Waals surface area contributed by atoms with E-state index in [1.54, 1.807) is 32.0 Å². The van der Waals surface area contributed by atoms with E-state index in [9.17, 15) is 9.90 Å². The van der Waals surface area contributed by atoms with Crippen molar-refractivity contribution < 1.29 is 9.90 Å². The maximum atomic E-state index is 12.6. The number of halogens is 1. The van der Waals surface area contributed by atoms with E-state index in [-0.39, 0.29) is 18.1 Å². The third kappa shape index (κ3) is 4.91. The van der Waals surface area contributed by atoms with Crippen LogP contribution in [0.25, 0.3) is 22.0 Å². The van der Waals surface area contributed by atoms with Gasteiger partial charge in [0.1, 0.15) is 5.69 Å². The molecule has 0 unspecified atom stereocenters. The highest BCUT2D eigenvalue weighted by atomic mass is 35.5. The number of nitrogens with one attached hydrogen (secondary N) is 1. The topological polar surface area (TPSA) is 75.1 Å².